The summed E-state index contributed by atoms with van der Waals surface area (Å²) < 4.78 is 0. The average molecular weight is 345 g/mol. The minimum atomic E-state index is 0. The molecular weight excluding hydrogens is 316 g/mol. The third-order valence-electron chi connectivity index (χ3n) is 4.43. The molecule has 0 atom stereocenters. The highest BCUT2D eigenvalue weighted by Gasteiger charge is 2.26. The summed E-state index contributed by atoms with van der Waals surface area (Å²) in [6.07, 6.45) is 7.50. The lowest BCUT2D eigenvalue weighted by Gasteiger charge is -2.34. The molecule has 0 bridgehead atoms. The van der Waals surface area contributed by atoms with E-state index in [1.54, 1.807) is 0 Å². The van der Waals surface area contributed by atoms with Gasteiger partial charge in [-0.2, -0.15) is 0 Å². The smallest absolute Gasteiger partial charge is 0.220 e. The maximum atomic E-state index is 11.9. The van der Waals surface area contributed by atoms with E-state index in [1.807, 2.05) is 11.3 Å². The molecule has 22 heavy (non-hydrogen) atoms. The van der Waals surface area contributed by atoms with Crippen LogP contribution in [0.2, 0.25) is 0 Å². The van der Waals surface area contributed by atoms with Crippen molar-refractivity contribution in [2.24, 2.45) is 5.41 Å². The van der Waals surface area contributed by atoms with Crippen LogP contribution in [0.1, 0.15) is 50.3 Å². The Morgan fingerprint density at radius 3 is 2.77 bits per heavy atom. The van der Waals surface area contributed by atoms with Gasteiger partial charge >= 0.3 is 0 Å². The minimum absolute atomic E-state index is 0. The molecule has 1 amide bonds. The van der Waals surface area contributed by atoms with E-state index in [0.717, 1.165) is 51.7 Å². The Labute approximate surface area is 144 Å². The van der Waals surface area contributed by atoms with Gasteiger partial charge in [0.15, 0.2) is 0 Å². The van der Waals surface area contributed by atoms with Crippen LogP contribution in [0.3, 0.4) is 0 Å². The average Bonchev–Trinajstić information content (AvgIpc) is 2.99. The number of rotatable bonds is 8. The standard InChI is InChI=1S/C17H28N2OS.ClH/c1-17(9-11-18-12-10-17)14-19-16(20)8-4-2-3-6-15-7-5-13-21-15;/h5,7,13,18H,2-4,6,8-12,14H2,1H3,(H,19,20);1H. The second kappa shape index (κ2) is 10.2. The zero-order valence-electron chi connectivity index (χ0n) is 13.5. The van der Waals surface area contributed by atoms with Crippen molar-refractivity contribution in [3.8, 4) is 0 Å². The summed E-state index contributed by atoms with van der Waals surface area (Å²) >= 11 is 1.83. The molecule has 1 aromatic rings. The molecule has 1 saturated heterocycles. The number of halogens is 1. The first-order chi connectivity index (χ1) is 10.2. The van der Waals surface area contributed by atoms with Crippen LogP contribution in [0.5, 0.6) is 0 Å². The van der Waals surface area contributed by atoms with Gasteiger partial charge in [-0.15, -0.1) is 23.7 Å². The molecule has 1 aliphatic rings. The molecule has 0 unspecified atom stereocenters. The van der Waals surface area contributed by atoms with E-state index in [2.05, 4.69) is 35.1 Å². The second-order valence-corrected chi connectivity index (χ2v) is 7.51. The fourth-order valence-electron chi connectivity index (χ4n) is 2.82. The molecule has 5 heteroatoms. The van der Waals surface area contributed by atoms with E-state index < -0.39 is 0 Å². The Hall–Kier alpha value is -0.580. The Bertz CT molecular complexity index is 416. The van der Waals surface area contributed by atoms with Crippen molar-refractivity contribution in [3.05, 3.63) is 22.4 Å². The summed E-state index contributed by atoms with van der Waals surface area (Å²) in [6, 6.07) is 4.30. The third kappa shape index (κ3) is 7.12. The Kier molecular flexibility index (Phi) is 9.06. The summed E-state index contributed by atoms with van der Waals surface area (Å²) in [7, 11) is 0. The first-order valence-electron chi connectivity index (χ1n) is 8.18. The van der Waals surface area contributed by atoms with Crippen LogP contribution in [0.15, 0.2) is 17.5 Å². The van der Waals surface area contributed by atoms with Crippen molar-refractivity contribution < 1.29 is 4.79 Å². The number of hydrogen-bond donors (Lipinski definition) is 2. The first-order valence-corrected chi connectivity index (χ1v) is 9.06. The number of amides is 1. The zero-order valence-corrected chi connectivity index (χ0v) is 15.2. The molecule has 1 aromatic heterocycles. The summed E-state index contributed by atoms with van der Waals surface area (Å²) in [6.45, 7) is 5.28. The maximum Gasteiger partial charge on any atom is 0.220 e. The fraction of sp³-hybridized carbons (Fsp3) is 0.706. The molecule has 0 saturated carbocycles. The van der Waals surface area contributed by atoms with Crippen molar-refractivity contribution >= 4 is 29.7 Å². The molecule has 2 N–H and O–H groups in total. The summed E-state index contributed by atoms with van der Waals surface area (Å²) in [5, 5.41) is 8.64. The molecule has 2 rings (SSSR count). The monoisotopic (exact) mass is 344 g/mol. The van der Waals surface area contributed by atoms with Gasteiger partial charge < -0.3 is 10.6 Å². The van der Waals surface area contributed by atoms with E-state index in [1.165, 1.54) is 11.3 Å². The number of carbonyl (C=O) groups is 1. The molecule has 0 spiro atoms. The number of carbonyl (C=O) groups excluding carboxylic acids is 1. The molecule has 0 radical (unpaired) electrons. The third-order valence-corrected chi connectivity index (χ3v) is 5.37. The van der Waals surface area contributed by atoms with Gasteiger partial charge in [-0.3, -0.25) is 4.79 Å². The van der Waals surface area contributed by atoms with Gasteiger partial charge in [-0.05, 0) is 62.1 Å². The Balaban J connectivity index is 0.00000242. The predicted octanol–water partition coefficient (Wildman–Crippen LogP) is 3.78. The predicted molar refractivity (Wildman–Crippen MR) is 97.0 cm³/mol. The van der Waals surface area contributed by atoms with E-state index >= 15 is 0 Å². The quantitative estimate of drug-likeness (QED) is 0.705. The SMILES string of the molecule is CC1(CNC(=O)CCCCCc2cccs2)CCNCC1.Cl. The van der Waals surface area contributed by atoms with Gasteiger partial charge in [-0.1, -0.05) is 19.4 Å². The van der Waals surface area contributed by atoms with Crippen LogP contribution in [0, 0.1) is 5.41 Å². The van der Waals surface area contributed by atoms with Gasteiger partial charge in [0.1, 0.15) is 0 Å². The van der Waals surface area contributed by atoms with Gasteiger partial charge in [-0.25, -0.2) is 0 Å². The van der Waals surface area contributed by atoms with Gasteiger partial charge in [0, 0.05) is 17.8 Å². The normalized spacial score (nSPS) is 16.8. The molecular formula is C17H29ClN2OS. The summed E-state index contributed by atoms with van der Waals surface area (Å²) in [5.74, 6) is 0.228. The van der Waals surface area contributed by atoms with Crippen molar-refractivity contribution in [3.63, 3.8) is 0 Å². The van der Waals surface area contributed by atoms with Crippen molar-refractivity contribution in [1.29, 1.82) is 0 Å². The Morgan fingerprint density at radius 2 is 2.09 bits per heavy atom. The molecule has 1 fully saturated rings. The lowest BCUT2D eigenvalue weighted by Crippen LogP contribution is -2.42. The second-order valence-electron chi connectivity index (χ2n) is 6.48. The maximum absolute atomic E-state index is 11.9. The zero-order chi connectivity index (χ0) is 15.0. The van der Waals surface area contributed by atoms with Gasteiger partial charge in [0.25, 0.3) is 0 Å². The summed E-state index contributed by atoms with van der Waals surface area (Å²) in [5.41, 5.74) is 0.292. The van der Waals surface area contributed by atoms with Crippen molar-refractivity contribution in [2.75, 3.05) is 19.6 Å². The molecule has 3 nitrogen and oxygen atoms in total. The number of thiophene rings is 1. The highest BCUT2D eigenvalue weighted by Crippen LogP contribution is 2.26. The number of hydrogen-bond acceptors (Lipinski definition) is 3. The van der Waals surface area contributed by atoms with Crippen LogP contribution < -0.4 is 10.6 Å². The van der Waals surface area contributed by atoms with Crippen LogP contribution >= 0.6 is 23.7 Å². The number of piperidine rings is 1. The lowest BCUT2D eigenvalue weighted by atomic mass is 9.81. The fourth-order valence-corrected chi connectivity index (χ4v) is 3.58. The molecule has 2 heterocycles. The highest BCUT2D eigenvalue weighted by atomic mass is 35.5. The van der Waals surface area contributed by atoms with Crippen LogP contribution in [-0.2, 0) is 11.2 Å². The molecule has 0 aromatic carbocycles. The van der Waals surface area contributed by atoms with Gasteiger partial charge in [0.05, 0.1) is 0 Å². The molecule has 126 valence electrons. The van der Waals surface area contributed by atoms with E-state index in [9.17, 15) is 4.79 Å². The van der Waals surface area contributed by atoms with Crippen LogP contribution in [0.4, 0.5) is 0 Å². The van der Waals surface area contributed by atoms with Gasteiger partial charge in [0.2, 0.25) is 5.91 Å². The minimum Gasteiger partial charge on any atom is -0.356 e. The highest BCUT2D eigenvalue weighted by molar-refractivity contribution is 7.09. The van der Waals surface area contributed by atoms with E-state index in [-0.39, 0.29) is 18.3 Å². The number of aryl methyl sites for hydroxylation is 1. The Morgan fingerprint density at radius 1 is 1.32 bits per heavy atom. The molecule has 1 aliphatic heterocycles. The van der Waals surface area contributed by atoms with Crippen molar-refractivity contribution in [2.45, 2.75) is 51.9 Å². The molecule has 0 aliphatic carbocycles. The van der Waals surface area contributed by atoms with E-state index in [0.29, 0.717) is 11.8 Å². The first kappa shape index (κ1) is 19.5. The number of unbranched alkanes of at least 4 members (excludes halogenated alkanes) is 2. The van der Waals surface area contributed by atoms with Crippen LogP contribution in [-0.4, -0.2) is 25.5 Å². The van der Waals surface area contributed by atoms with Crippen LogP contribution in [0.25, 0.3) is 0 Å². The number of nitrogens with one attached hydrogen (secondary N) is 2. The lowest BCUT2D eigenvalue weighted by molar-refractivity contribution is -0.121. The largest absolute Gasteiger partial charge is 0.356 e. The van der Waals surface area contributed by atoms with E-state index in [4.69, 9.17) is 0 Å². The van der Waals surface area contributed by atoms with Crippen molar-refractivity contribution in [1.82, 2.24) is 10.6 Å². The topological polar surface area (TPSA) is 41.1 Å². The summed E-state index contributed by atoms with van der Waals surface area (Å²) in [4.78, 5) is 13.4.